The lowest BCUT2D eigenvalue weighted by molar-refractivity contribution is -0.115. The first kappa shape index (κ1) is 8.10. The Balaban J connectivity index is 2.19. The summed E-state index contributed by atoms with van der Waals surface area (Å²) in [5.41, 5.74) is 7.79. The molecule has 0 spiro atoms. The van der Waals surface area contributed by atoms with E-state index in [-0.39, 0.29) is 5.78 Å². The van der Waals surface area contributed by atoms with Crippen LogP contribution in [0.3, 0.4) is 0 Å². The van der Waals surface area contributed by atoms with Crippen LogP contribution in [0.15, 0.2) is 29.6 Å². The van der Waals surface area contributed by atoms with Gasteiger partial charge in [-0.25, -0.2) is 0 Å². The summed E-state index contributed by atoms with van der Waals surface area (Å²) in [6.45, 7) is 0. The van der Waals surface area contributed by atoms with E-state index in [1.165, 1.54) is 0 Å². The largest absolute Gasteiger partial charge is 0.308 e. The lowest BCUT2D eigenvalue weighted by Crippen LogP contribution is -2.29. The SMILES string of the molecule is O=C1[C]=C(C2=CC=CNN2)CCC1. The maximum atomic E-state index is 11.1. The molecule has 0 aromatic carbocycles. The van der Waals surface area contributed by atoms with Crippen molar-refractivity contribution in [1.29, 1.82) is 0 Å². The summed E-state index contributed by atoms with van der Waals surface area (Å²) in [6, 6.07) is 0. The first-order valence-corrected chi connectivity index (χ1v) is 4.41. The van der Waals surface area contributed by atoms with Crippen LogP contribution in [0.25, 0.3) is 0 Å². The molecule has 0 saturated carbocycles. The molecule has 1 aliphatic carbocycles. The van der Waals surface area contributed by atoms with Gasteiger partial charge in [-0.15, -0.1) is 0 Å². The number of hydrogen-bond donors (Lipinski definition) is 2. The second-order valence-electron chi connectivity index (χ2n) is 3.09. The topological polar surface area (TPSA) is 41.1 Å². The molecular formula is C10H11N2O. The molecular weight excluding hydrogens is 164 g/mol. The van der Waals surface area contributed by atoms with Gasteiger partial charge in [-0.05, 0) is 30.6 Å². The van der Waals surface area contributed by atoms with Gasteiger partial charge < -0.3 is 10.9 Å². The van der Waals surface area contributed by atoms with Gasteiger partial charge in [-0.2, -0.15) is 0 Å². The van der Waals surface area contributed by atoms with Gasteiger partial charge in [-0.3, -0.25) is 4.79 Å². The van der Waals surface area contributed by atoms with E-state index in [9.17, 15) is 4.79 Å². The van der Waals surface area contributed by atoms with Crippen molar-refractivity contribution in [2.75, 3.05) is 0 Å². The molecule has 2 N–H and O–H groups in total. The Morgan fingerprint density at radius 3 is 3.00 bits per heavy atom. The summed E-state index contributed by atoms with van der Waals surface area (Å²) >= 11 is 0. The van der Waals surface area contributed by atoms with Gasteiger partial charge in [0.25, 0.3) is 0 Å². The summed E-state index contributed by atoms with van der Waals surface area (Å²) in [4.78, 5) is 11.1. The first-order valence-electron chi connectivity index (χ1n) is 4.41. The monoisotopic (exact) mass is 175 g/mol. The zero-order valence-electron chi connectivity index (χ0n) is 7.26. The molecule has 13 heavy (non-hydrogen) atoms. The summed E-state index contributed by atoms with van der Waals surface area (Å²) < 4.78 is 0. The highest BCUT2D eigenvalue weighted by atomic mass is 16.1. The fraction of sp³-hybridized carbons (Fsp3) is 0.300. The number of rotatable bonds is 1. The van der Waals surface area contributed by atoms with Crippen molar-refractivity contribution < 1.29 is 4.79 Å². The number of hydrogen-bond acceptors (Lipinski definition) is 3. The van der Waals surface area contributed by atoms with Crippen molar-refractivity contribution in [2.24, 2.45) is 0 Å². The minimum Gasteiger partial charge on any atom is -0.308 e. The number of carbonyl (C=O) groups excluding carboxylic acids is 1. The van der Waals surface area contributed by atoms with Crippen LogP contribution in [0.2, 0.25) is 0 Å². The van der Waals surface area contributed by atoms with Crippen molar-refractivity contribution in [3.8, 4) is 0 Å². The van der Waals surface area contributed by atoms with Crippen LogP contribution >= 0.6 is 0 Å². The molecule has 0 fully saturated rings. The van der Waals surface area contributed by atoms with Gasteiger partial charge in [0.15, 0.2) is 5.78 Å². The van der Waals surface area contributed by atoms with Gasteiger partial charge in [0.2, 0.25) is 0 Å². The second-order valence-corrected chi connectivity index (χ2v) is 3.09. The van der Waals surface area contributed by atoms with Crippen LogP contribution in [0, 0.1) is 6.08 Å². The molecule has 1 heterocycles. The number of ketones is 1. The van der Waals surface area contributed by atoms with Crippen molar-refractivity contribution in [1.82, 2.24) is 10.9 Å². The number of carbonyl (C=O) groups is 1. The van der Waals surface area contributed by atoms with E-state index in [1.807, 2.05) is 12.2 Å². The molecule has 3 nitrogen and oxygen atoms in total. The van der Waals surface area contributed by atoms with Crippen LogP contribution in [0.5, 0.6) is 0 Å². The molecule has 0 saturated heterocycles. The lowest BCUT2D eigenvalue weighted by Gasteiger charge is -2.18. The highest BCUT2D eigenvalue weighted by molar-refractivity contribution is 5.87. The minimum absolute atomic E-state index is 0.110. The maximum Gasteiger partial charge on any atom is 0.163 e. The third-order valence-electron chi connectivity index (χ3n) is 2.10. The zero-order chi connectivity index (χ0) is 9.10. The molecule has 0 aromatic heterocycles. The summed E-state index contributed by atoms with van der Waals surface area (Å²) in [5.74, 6) is 0.110. The molecule has 1 aliphatic heterocycles. The molecule has 0 amide bonds. The number of allylic oxidation sites excluding steroid dienone is 4. The van der Waals surface area contributed by atoms with E-state index in [2.05, 4.69) is 16.9 Å². The first-order chi connectivity index (χ1) is 6.36. The van der Waals surface area contributed by atoms with Crippen LogP contribution in [0.4, 0.5) is 0 Å². The average molecular weight is 175 g/mol. The Bertz CT molecular complexity index is 313. The molecule has 3 heteroatoms. The molecule has 2 rings (SSSR count). The molecule has 0 aromatic rings. The van der Waals surface area contributed by atoms with E-state index >= 15 is 0 Å². The van der Waals surface area contributed by atoms with Crippen molar-refractivity contribution in [3.05, 3.63) is 35.7 Å². The van der Waals surface area contributed by atoms with Crippen molar-refractivity contribution in [3.63, 3.8) is 0 Å². The molecule has 1 radical (unpaired) electrons. The van der Waals surface area contributed by atoms with Gasteiger partial charge in [-0.1, -0.05) is 0 Å². The fourth-order valence-corrected chi connectivity index (χ4v) is 1.45. The standard InChI is InChI=1S/C10H11N2O/c13-9-4-1-3-8(7-9)10-5-2-6-11-12-10/h2,5-6,11-12H,1,3-4H2. The number of nitrogens with one attached hydrogen (secondary N) is 2. The van der Waals surface area contributed by atoms with Crippen LogP contribution in [-0.2, 0) is 4.79 Å². The van der Waals surface area contributed by atoms with E-state index in [0.29, 0.717) is 6.42 Å². The predicted molar refractivity (Wildman–Crippen MR) is 49.1 cm³/mol. The Hall–Kier alpha value is -1.51. The third-order valence-corrected chi connectivity index (χ3v) is 2.10. The van der Waals surface area contributed by atoms with E-state index in [4.69, 9.17) is 0 Å². The number of hydrazine groups is 1. The molecule has 0 bridgehead atoms. The highest BCUT2D eigenvalue weighted by Gasteiger charge is 2.14. The normalized spacial score (nSPS) is 21.4. The van der Waals surface area contributed by atoms with E-state index < -0.39 is 0 Å². The summed E-state index contributed by atoms with van der Waals surface area (Å²) in [5, 5.41) is 0. The fourth-order valence-electron chi connectivity index (χ4n) is 1.45. The zero-order valence-corrected chi connectivity index (χ0v) is 7.26. The van der Waals surface area contributed by atoms with Gasteiger partial charge >= 0.3 is 0 Å². The van der Waals surface area contributed by atoms with E-state index in [0.717, 1.165) is 24.1 Å². The second kappa shape index (κ2) is 3.47. The average Bonchev–Trinajstić information content (AvgIpc) is 2.19. The molecule has 67 valence electrons. The van der Waals surface area contributed by atoms with Crippen molar-refractivity contribution in [2.45, 2.75) is 19.3 Å². The van der Waals surface area contributed by atoms with Gasteiger partial charge in [0.1, 0.15) is 0 Å². The third kappa shape index (κ3) is 1.80. The predicted octanol–water partition coefficient (Wildman–Crippen LogP) is 0.974. The minimum atomic E-state index is 0.110. The van der Waals surface area contributed by atoms with Gasteiger partial charge in [0, 0.05) is 18.7 Å². The van der Waals surface area contributed by atoms with Crippen LogP contribution < -0.4 is 10.9 Å². The lowest BCUT2D eigenvalue weighted by atomic mass is 9.96. The van der Waals surface area contributed by atoms with Crippen LogP contribution in [-0.4, -0.2) is 5.78 Å². The maximum absolute atomic E-state index is 11.1. The van der Waals surface area contributed by atoms with Crippen LogP contribution in [0.1, 0.15) is 19.3 Å². The molecule has 0 atom stereocenters. The Morgan fingerprint density at radius 2 is 2.31 bits per heavy atom. The summed E-state index contributed by atoms with van der Waals surface area (Å²) in [7, 11) is 0. The summed E-state index contributed by atoms with van der Waals surface area (Å²) in [6.07, 6.45) is 11.0. The van der Waals surface area contributed by atoms with E-state index in [1.54, 1.807) is 6.20 Å². The van der Waals surface area contributed by atoms with Gasteiger partial charge in [0.05, 0.1) is 5.70 Å². The molecule has 0 unspecified atom stereocenters. The Labute approximate surface area is 77.2 Å². The quantitative estimate of drug-likeness (QED) is 0.624. The van der Waals surface area contributed by atoms with Crippen molar-refractivity contribution >= 4 is 5.78 Å². The molecule has 2 aliphatic rings. The smallest absolute Gasteiger partial charge is 0.163 e. The Morgan fingerprint density at radius 1 is 1.38 bits per heavy atom. The Kier molecular flexibility index (Phi) is 2.17. The number of Topliss-reactive ketones (excluding diaryl/α,β-unsaturated/α-hetero) is 1. The highest BCUT2D eigenvalue weighted by Crippen LogP contribution is 2.20.